The van der Waals surface area contributed by atoms with Crippen LogP contribution in [0.5, 0.6) is 0 Å². The smallest absolute Gasteiger partial charge is 0.309 e. The topological polar surface area (TPSA) is 110 Å². The predicted octanol–water partition coefficient (Wildman–Crippen LogP) is 2.65. The van der Waals surface area contributed by atoms with Gasteiger partial charge in [0, 0.05) is 0 Å². The maximum atomic E-state index is 12.3. The van der Waals surface area contributed by atoms with Crippen molar-refractivity contribution in [2.24, 2.45) is 21.9 Å². The van der Waals surface area contributed by atoms with E-state index in [-0.39, 0.29) is 10.8 Å². The molecule has 0 saturated carbocycles. The summed E-state index contributed by atoms with van der Waals surface area (Å²) in [7, 11) is -4.35. The quantitative estimate of drug-likeness (QED) is 0.434. The van der Waals surface area contributed by atoms with Gasteiger partial charge in [0.25, 0.3) is 10.1 Å². The van der Waals surface area contributed by atoms with Gasteiger partial charge in [0.1, 0.15) is 18.4 Å². The van der Waals surface area contributed by atoms with E-state index in [9.17, 15) is 18.1 Å². The van der Waals surface area contributed by atoms with E-state index in [1.165, 1.54) is 0 Å². The fourth-order valence-corrected chi connectivity index (χ4v) is 2.63. The molecule has 2 atom stereocenters. The average molecular weight is 337 g/mol. The Labute approximate surface area is 132 Å². The van der Waals surface area contributed by atoms with Crippen molar-refractivity contribution in [2.45, 2.75) is 54.0 Å². The van der Waals surface area contributed by atoms with Gasteiger partial charge in [0.2, 0.25) is 0 Å². The van der Waals surface area contributed by atoms with Gasteiger partial charge in [-0.1, -0.05) is 46.7 Å². The van der Waals surface area contributed by atoms with Crippen LogP contribution in [0.1, 0.15) is 48.0 Å². The lowest BCUT2D eigenvalue weighted by molar-refractivity contribution is -0.154. The summed E-state index contributed by atoms with van der Waals surface area (Å²) in [6, 6.07) is -1.31. The van der Waals surface area contributed by atoms with Gasteiger partial charge in [-0.2, -0.15) is 13.3 Å². The molecule has 0 amide bonds. The Hall–Kier alpha value is -1.02. The minimum atomic E-state index is -4.35. The molecule has 0 aliphatic heterocycles. The van der Waals surface area contributed by atoms with E-state index in [0.717, 1.165) is 0 Å². The highest BCUT2D eigenvalue weighted by molar-refractivity contribution is 7.85. The maximum Gasteiger partial charge on any atom is 0.309 e. The molecule has 0 bridgehead atoms. The Kier molecular flexibility index (Phi) is 7.15. The molecule has 2 unspecified atom stereocenters. The zero-order chi connectivity index (χ0) is 17.8. The van der Waals surface area contributed by atoms with Crippen molar-refractivity contribution in [3.05, 3.63) is 4.91 Å². The summed E-state index contributed by atoms with van der Waals surface area (Å²) in [5, 5.41) is 2.58. The van der Waals surface area contributed by atoms with E-state index in [1.54, 1.807) is 0 Å². The summed E-state index contributed by atoms with van der Waals surface area (Å²) >= 11 is 0. The van der Waals surface area contributed by atoms with Gasteiger partial charge in [-0.25, -0.2) is 0 Å². The molecule has 1 N–H and O–H groups in total. The molecule has 0 fully saturated rings. The first-order chi connectivity index (χ1) is 9.65. The molecule has 7 nitrogen and oxygen atoms in total. The first kappa shape index (κ1) is 21.0. The number of carbonyl (C=O) groups is 1. The number of nitroso groups, excluding NO2 is 1. The second-order valence-corrected chi connectivity index (χ2v) is 9.32. The van der Waals surface area contributed by atoms with Crippen LogP contribution >= 0.6 is 0 Å². The normalized spacial score (nSPS) is 16.0. The summed E-state index contributed by atoms with van der Waals surface area (Å²) in [5.41, 5.74) is -0.425. The van der Waals surface area contributed by atoms with Crippen molar-refractivity contribution < 1.29 is 22.5 Å². The molecular formula is C14H27NO6S. The van der Waals surface area contributed by atoms with E-state index in [0.29, 0.717) is 6.42 Å². The van der Waals surface area contributed by atoms with Gasteiger partial charge >= 0.3 is 5.97 Å². The zero-order valence-corrected chi connectivity index (χ0v) is 14.9. The summed E-state index contributed by atoms with van der Waals surface area (Å²) in [6.45, 7) is 11.3. The fourth-order valence-electron chi connectivity index (χ4n) is 1.99. The second-order valence-electron chi connectivity index (χ2n) is 7.82. The van der Waals surface area contributed by atoms with Crippen LogP contribution < -0.4 is 0 Å². The minimum absolute atomic E-state index is 0.0896. The van der Waals surface area contributed by atoms with Crippen molar-refractivity contribution in [2.75, 3.05) is 12.4 Å². The third-order valence-corrected chi connectivity index (χ3v) is 3.92. The number of rotatable bonds is 7. The third kappa shape index (κ3) is 9.09. The van der Waals surface area contributed by atoms with Gasteiger partial charge in [-0.3, -0.25) is 9.35 Å². The highest BCUT2D eigenvalue weighted by Gasteiger charge is 2.36. The van der Waals surface area contributed by atoms with Crippen molar-refractivity contribution in [3.63, 3.8) is 0 Å². The average Bonchev–Trinajstić information content (AvgIpc) is 2.27. The molecule has 0 spiro atoms. The number of ether oxygens (including phenoxy) is 1. The van der Waals surface area contributed by atoms with Crippen LogP contribution in [0.2, 0.25) is 0 Å². The van der Waals surface area contributed by atoms with Crippen LogP contribution in [0.3, 0.4) is 0 Å². The number of esters is 1. The molecule has 8 heteroatoms. The molecule has 130 valence electrons. The largest absolute Gasteiger partial charge is 0.463 e. The number of hydrogen-bond acceptors (Lipinski definition) is 6. The Morgan fingerprint density at radius 3 is 2.00 bits per heavy atom. The van der Waals surface area contributed by atoms with Crippen LogP contribution in [0.4, 0.5) is 0 Å². The van der Waals surface area contributed by atoms with Gasteiger partial charge in [-0.15, -0.1) is 0 Å². The third-order valence-electron chi connectivity index (χ3n) is 3.12. The van der Waals surface area contributed by atoms with Gasteiger partial charge in [0.15, 0.2) is 0 Å². The maximum absolute atomic E-state index is 12.3. The lowest BCUT2D eigenvalue weighted by Crippen LogP contribution is -2.35. The van der Waals surface area contributed by atoms with E-state index >= 15 is 0 Å². The summed E-state index contributed by atoms with van der Waals surface area (Å²) in [5.74, 6) is -1.75. The molecule has 0 radical (unpaired) electrons. The number of nitrogens with zero attached hydrogens (tertiary/aromatic N) is 1. The highest BCUT2D eigenvalue weighted by atomic mass is 32.2. The van der Waals surface area contributed by atoms with Crippen LogP contribution in [0.15, 0.2) is 5.18 Å². The molecule has 0 aliphatic rings. The van der Waals surface area contributed by atoms with Crippen molar-refractivity contribution in [1.82, 2.24) is 0 Å². The van der Waals surface area contributed by atoms with Crippen molar-refractivity contribution in [1.29, 1.82) is 0 Å². The SMILES string of the molecule is CC(C)(C)CC(C(=O)OCC(CS(=O)(=O)O)N=O)C(C)(C)C. The van der Waals surface area contributed by atoms with E-state index in [1.807, 2.05) is 41.5 Å². The summed E-state index contributed by atoms with van der Waals surface area (Å²) in [4.78, 5) is 22.8. The fraction of sp³-hybridized carbons (Fsp3) is 0.929. The molecule has 0 heterocycles. The molecular weight excluding hydrogens is 310 g/mol. The Balaban J connectivity index is 4.87. The van der Waals surface area contributed by atoms with Crippen LogP contribution in [-0.2, 0) is 19.6 Å². The predicted molar refractivity (Wildman–Crippen MR) is 84.0 cm³/mol. The van der Waals surface area contributed by atoms with Gasteiger partial charge in [0.05, 0.1) is 5.92 Å². The van der Waals surface area contributed by atoms with E-state index in [4.69, 9.17) is 9.29 Å². The summed E-state index contributed by atoms with van der Waals surface area (Å²) < 4.78 is 35.3. The van der Waals surface area contributed by atoms with Crippen molar-refractivity contribution in [3.8, 4) is 0 Å². The lowest BCUT2D eigenvalue weighted by Gasteiger charge is -2.33. The Bertz CT molecular complexity index is 486. The zero-order valence-electron chi connectivity index (χ0n) is 14.1. The Morgan fingerprint density at radius 2 is 1.68 bits per heavy atom. The lowest BCUT2D eigenvalue weighted by atomic mass is 9.72. The standard InChI is InChI=1S/C14H27NO6S/c1-13(2,3)7-11(14(4,5)6)12(16)21-8-10(15-17)9-22(18,19)20/h10-11H,7-9H2,1-6H3,(H,18,19,20). The molecule has 0 saturated heterocycles. The van der Waals surface area contributed by atoms with Crippen molar-refractivity contribution >= 4 is 16.1 Å². The molecule has 22 heavy (non-hydrogen) atoms. The number of hydrogen-bond donors (Lipinski definition) is 1. The van der Waals surface area contributed by atoms with E-state index < -0.39 is 40.4 Å². The number of carbonyl (C=O) groups excluding carboxylic acids is 1. The molecule has 0 aromatic rings. The van der Waals surface area contributed by atoms with Gasteiger partial charge < -0.3 is 4.74 Å². The molecule has 0 rings (SSSR count). The monoisotopic (exact) mass is 337 g/mol. The van der Waals surface area contributed by atoms with Crippen LogP contribution in [-0.4, -0.2) is 37.3 Å². The van der Waals surface area contributed by atoms with Crippen LogP contribution in [0.25, 0.3) is 0 Å². The highest BCUT2D eigenvalue weighted by Crippen LogP contribution is 2.36. The first-order valence-corrected chi connectivity index (χ1v) is 8.71. The minimum Gasteiger partial charge on any atom is -0.463 e. The molecule has 0 aromatic carbocycles. The van der Waals surface area contributed by atoms with E-state index in [2.05, 4.69) is 5.18 Å². The molecule has 0 aliphatic carbocycles. The second kappa shape index (κ2) is 7.50. The Morgan fingerprint density at radius 1 is 1.18 bits per heavy atom. The first-order valence-electron chi connectivity index (χ1n) is 7.10. The summed E-state index contributed by atoms with van der Waals surface area (Å²) in [6.07, 6.45) is 0.590. The molecule has 0 aromatic heterocycles. The van der Waals surface area contributed by atoms with Crippen LogP contribution in [0, 0.1) is 21.7 Å². The van der Waals surface area contributed by atoms with Gasteiger partial charge in [-0.05, 0) is 17.3 Å².